The van der Waals surface area contributed by atoms with Crippen molar-refractivity contribution in [1.29, 1.82) is 5.41 Å². The maximum absolute atomic E-state index is 11.8. The van der Waals surface area contributed by atoms with Crippen LogP contribution in [0.15, 0.2) is 0 Å². The Labute approximate surface area is 108 Å². The summed E-state index contributed by atoms with van der Waals surface area (Å²) < 4.78 is 8.41. The summed E-state index contributed by atoms with van der Waals surface area (Å²) in [6.07, 6.45) is 0. The van der Waals surface area contributed by atoms with E-state index < -0.39 is 11.9 Å². The Bertz CT molecular complexity index is 517. The van der Waals surface area contributed by atoms with Gasteiger partial charge in [-0.15, -0.1) is 5.10 Å². The molecule has 0 saturated carbocycles. The summed E-state index contributed by atoms with van der Waals surface area (Å²) >= 11 is 0.853. The largest absolute Gasteiger partial charge is 0.462 e. The third-order valence-corrected chi connectivity index (χ3v) is 2.67. The van der Waals surface area contributed by atoms with E-state index in [2.05, 4.69) is 9.59 Å². The fraction of sp³-hybridized carbons (Fsp3) is 0.400. The summed E-state index contributed by atoms with van der Waals surface area (Å²) in [6, 6.07) is 0. The van der Waals surface area contributed by atoms with Gasteiger partial charge in [-0.3, -0.25) is 10.2 Å². The molecule has 0 atom stereocenters. The van der Waals surface area contributed by atoms with Gasteiger partial charge in [-0.2, -0.15) is 0 Å². The van der Waals surface area contributed by atoms with Crippen LogP contribution in [0.4, 0.5) is 0 Å². The second-order valence-corrected chi connectivity index (χ2v) is 4.12. The van der Waals surface area contributed by atoms with Gasteiger partial charge in [0.05, 0.1) is 6.61 Å². The number of carbonyl (C=O) groups excluding carboxylic acids is 2. The van der Waals surface area contributed by atoms with E-state index in [0.29, 0.717) is 0 Å². The number of aromatic nitrogens is 2. The monoisotopic (exact) mass is 268 g/mol. The highest BCUT2D eigenvalue weighted by Gasteiger charge is 2.25. The Kier molecular flexibility index (Phi) is 4.70. The highest BCUT2D eigenvalue weighted by atomic mass is 32.1. The lowest BCUT2D eigenvalue weighted by Crippen LogP contribution is -2.23. The summed E-state index contributed by atoms with van der Waals surface area (Å²) in [5.74, 6) is 0.866. The predicted molar refractivity (Wildman–Crippen MR) is 65.7 cm³/mol. The van der Waals surface area contributed by atoms with Gasteiger partial charge in [0.1, 0.15) is 10.5 Å². The van der Waals surface area contributed by atoms with Gasteiger partial charge in [0.15, 0.2) is 5.69 Å². The minimum Gasteiger partial charge on any atom is -0.462 e. The van der Waals surface area contributed by atoms with E-state index in [0.717, 1.165) is 11.5 Å². The van der Waals surface area contributed by atoms with Gasteiger partial charge in [0, 0.05) is 14.1 Å². The van der Waals surface area contributed by atoms with E-state index in [9.17, 15) is 9.59 Å². The average Bonchev–Trinajstić information content (AvgIpc) is 2.78. The molecular formula is C10H12N4O3S. The van der Waals surface area contributed by atoms with Crippen molar-refractivity contribution in [3.05, 3.63) is 10.6 Å². The molecule has 1 amide bonds. The van der Waals surface area contributed by atoms with Crippen LogP contribution in [0, 0.1) is 5.41 Å². The van der Waals surface area contributed by atoms with Crippen molar-refractivity contribution in [1.82, 2.24) is 14.5 Å². The molecule has 0 aliphatic carbocycles. The van der Waals surface area contributed by atoms with Crippen molar-refractivity contribution in [2.45, 2.75) is 6.92 Å². The van der Waals surface area contributed by atoms with E-state index in [1.807, 2.05) is 5.87 Å². The molecule has 0 unspecified atom stereocenters. The summed E-state index contributed by atoms with van der Waals surface area (Å²) in [7, 11) is 3.12. The highest BCUT2D eigenvalue weighted by molar-refractivity contribution is 7.07. The molecule has 1 aromatic rings. The van der Waals surface area contributed by atoms with E-state index >= 15 is 0 Å². The second kappa shape index (κ2) is 6.04. The number of nitrogens with one attached hydrogen (secondary N) is 1. The number of nitrogens with zero attached hydrogens (tertiary/aromatic N) is 3. The van der Waals surface area contributed by atoms with E-state index in [1.165, 1.54) is 4.90 Å². The molecule has 1 heterocycles. The molecule has 0 radical (unpaired) electrons. The fourth-order valence-electron chi connectivity index (χ4n) is 1.11. The third kappa shape index (κ3) is 2.79. The Morgan fingerprint density at radius 3 is 2.67 bits per heavy atom. The summed E-state index contributed by atoms with van der Waals surface area (Å²) in [5, 5.41) is 10.8. The number of esters is 1. The lowest BCUT2D eigenvalue weighted by Gasteiger charge is -2.08. The van der Waals surface area contributed by atoms with Crippen LogP contribution in [0.3, 0.4) is 0 Å². The Balaban J connectivity index is 3.18. The summed E-state index contributed by atoms with van der Waals surface area (Å²) in [6.45, 7) is 1.82. The number of amides is 1. The van der Waals surface area contributed by atoms with Gasteiger partial charge < -0.3 is 9.64 Å². The first-order valence-corrected chi connectivity index (χ1v) is 5.81. The zero-order valence-corrected chi connectivity index (χ0v) is 11.0. The molecule has 0 fully saturated rings. The van der Waals surface area contributed by atoms with Crippen LogP contribution >= 0.6 is 11.5 Å². The van der Waals surface area contributed by atoms with Crippen LogP contribution in [0.1, 0.15) is 22.3 Å². The molecule has 1 aromatic heterocycles. The van der Waals surface area contributed by atoms with Crippen molar-refractivity contribution in [3.8, 4) is 0 Å². The second-order valence-electron chi connectivity index (χ2n) is 3.37. The minimum atomic E-state index is -0.716. The molecule has 7 nitrogen and oxygen atoms in total. The molecule has 8 heteroatoms. The molecule has 0 bridgehead atoms. The van der Waals surface area contributed by atoms with Gasteiger partial charge in [0.2, 0.25) is 0 Å². The molecule has 0 aromatic carbocycles. The maximum atomic E-state index is 11.8. The van der Waals surface area contributed by atoms with Crippen LogP contribution in [0.5, 0.6) is 0 Å². The molecule has 96 valence electrons. The molecule has 0 spiro atoms. The smallest absolute Gasteiger partial charge is 0.349 e. The molecular weight excluding hydrogens is 256 g/mol. The molecule has 0 saturated heterocycles. The predicted octanol–water partition coefficient (Wildman–Crippen LogP) is 0.435. The quantitative estimate of drug-likeness (QED) is 0.485. The van der Waals surface area contributed by atoms with Crippen LogP contribution in [0.25, 0.3) is 5.57 Å². The lowest BCUT2D eigenvalue weighted by atomic mass is 10.2. The van der Waals surface area contributed by atoms with E-state index in [4.69, 9.17) is 10.1 Å². The first-order chi connectivity index (χ1) is 8.52. The normalized spacial score (nSPS) is 9.50. The number of ether oxygens (including phenoxy) is 1. The fourth-order valence-corrected chi connectivity index (χ4v) is 1.75. The van der Waals surface area contributed by atoms with Crippen LogP contribution < -0.4 is 0 Å². The average molecular weight is 268 g/mol. The molecule has 18 heavy (non-hydrogen) atoms. The minimum absolute atomic E-state index is 0.0211. The van der Waals surface area contributed by atoms with E-state index in [1.54, 1.807) is 21.0 Å². The topological polar surface area (TPSA) is 96.2 Å². The Morgan fingerprint density at radius 2 is 2.17 bits per heavy atom. The summed E-state index contributed by atoms with van der Waals surface area (Å²) in [4.78, 5) is 24.9. The lowest BCUT2D eigenvalue weighted by molar-refractivity contribution is -0.135. The Hall–Kier alpha value is -2.05. The maximum Gasteiger partial charge on any atom is 0.349 e. The van der Waals surface area contributed by atoms with Crippen LogP contribution in [0.2, 0.25) is 0 Å². The number of rotatable bonds is 4. The standard InChI is InChI=1S/C10H12N4O3S/c1-4-17-10(16)6(5-11)8-7(12-13-18-8)9(15)14(2)3/h11H,4H2,1-3H3. The summed E-state index contributed by atoms with van der Waals surface area (Å²) in [5.41, 5.74) is -0.121. The van der Waals surface area contributed by atoms with Crippen LogP contribution in [-0.2, 0) is 9.53 Å². The Morgan fingerprint density at radius 1 is 1.50 bits per heavy atom. The third-order valence-electron chi connectivity index (χ3n) is 1.93. The number of hydrogen-bond donors (Lipinski definition) is 1. The van der Waals surface area contributed by atoms with Gasteiger partial charge in [-0.1, -0.05) is 4.49 Å². The molecule has 1 N–H and O–H groups in total. The van der Waals surface area contributed by atoms with Gasteiger partial charge >= 0.3 is 5.97 Å². The SMILES string of the molecule is CCOC(=O)C(=C=N)c1snnc1C(=O)N(C)C. The zero-order chi connectivity index (χ0) is 13.7. The van der Waals surface area contributed by atoms with E-state index in [-0.39, 0.29) is 22.8 Å². The van der Waals surface area contributed by atoms with Crippen LogP contribution in [-0.4, -0.2) is 52.9 Å². The molecule has 1 rings (SSSR count). The number of carbonyl (C=O) groups is 2. The van der Waals surface area contributed by atoms with Gasteiger partial charge in [0.25, 0.3) is 5.91 Å². The molecule has 0 aliphatic heterocycles. The number of hydrogen-bond acceptors (Lipinski definition) is 7. The van der Waals surface area contributed by atoms with Crippen molar-refractivity contribution >= 4 is 34.9 Å². The van der Waals surface area contributed by atoms with Crippen molar-refractivity contribution in [3.63, 3.8) is 0 Å². The van der Waals surface area contributed by atoms with Gasteiger partial charge in [-0.05, 0) is 24.3 Å². The highest BCUT2D eigenvalue weighted by Crippen LogP contribution is 2.21. The van der Waals surface area contributed by atoms with Crippen molar-refractivity contribution in [2.75, 3.05) is 20.7 Å². The van der Waals surface area contributed by atoms with Crippen molar-refractivity contribution in [2.24, 2.45) is 0 Å². The molecule has 0 aliphatic rings. The van der Waals surface area contributed by atoms with Crippen molar-refractivity contribution < 1.29 is 14.3 Å². The zero-order valence-electron chi connectivity index (χ0n) is 10.2. The van der Waals surface area contributed by atoms with Gasteiger partial charge in [-0.25, -0.2) is 4.79 Å². The first-order valence-electron chi connectivity index (χ1n) is 5.04. The first kappa shape index (κ1) is 14.0.